The van der Waals surface area contributed by atoms with Gasteiger partial charge in [-0.3, -0.25) is 4.79 Å². The number of methoxy groups -OCH3 is 2. The molecule has 2 aromatic carbocycles. The van der Waals surface area contributed by atoms with E-state index < -0.39 is 5.97 Å². The van der Waals surface area contributed by atoms with Crippen LogP contribution in [0.15, 0.2) is 71.4 Å². The van der Waals surface area contributed by atoms with Gasteiger partial charge < -0.3 is 18.9 Å². The lowest BCUT2D eigenvalue weighted by Gasteiger charge is -2.18. The fourth-order valence-electron chi connectivity index (χ4n) is 4.80. The van der Waals surface area contributed by atoms with Crippen molar-refractivity contribution in [1.29, 1.82) is 0 Å². The molecule has 0 atom stereocenters. The summed E-state index contributed by atoms with van der Waals surface area (Å²) in [5.41, 5.74) is 7.57. The number of para-hydroxylation sites is 1. The number of hydrogen-bond acceptors (Lipinski definition) is 4. The first-order valence-electron chi connectivity index (χ1n) is 12.0. The molecule has 0 fully saturated rings. The molecule has 36 heavy (non-hydrogen) atoms. The Bertz CT molecular complexity index is 1380. The van der Waals surface area contributed by atoms with Gasteiger partial charge >= 0.3 is 5.97 Å². The van der Waals surface area contributed by atoms with E-state index >= 15 is 0 Å². The van der Waals surface area contributed by atoms with Crippen LogP contribution in [-0.4, -0.2) is 42.1 Å². The van der Waals surface area contributed by atoms with Crippen LogP contribution >= 0.6 is 0 Å². The second kappa shape index (κ2) is 10.3. The minimum absolute atomic E-state index is 0.192. The first kappa shape index (κ1) is 25.0. The highest BCUT2D eigenvalue weighted by molar-refractivity contribution is 6.16. The Balaban J connectivity index is 1.69. The van der Waals surface area contributed by atoms with E-state index in [2.05, 4.69) is 23.6 Å². The Morgan fingerprint density at radius 2 is 1.67 bits per heavy atom. The summed E-state index contributed by atoms with van der Waals surface area (Å²) in [7, 11) is 2.97. The van der Waals surface area contributed by atoms with Crippen molar-refractivity contribution in [2.24, 2.45) is 0 Å². The van der Waals surface area contributed by atoms with Crippen molar-refractivity contribution in [2.45, 2.75) is 34.1 Å². The van der Waals surface area contributed by atoms with E-state index in [0.717, 1.165) is 39.5 Å². The number of nitrogens with zero attached hydrogens (tertiary/aromatic N) is 2. The molecule has 6 heteroatoms. The Kier molecular flexibility index (Phi) is 7.15. The Labute approximate surface area is 212 Å². The SMILES string of the molecule is COC(=O)C1=C(C)N(CCc2ccc(OC)cc2)C(=O)/C1=C\c1cc(C)n(-c2ccccc2C)c1C. The number of allylic oxidation sites excluding steroid dienone is 1. The zero-order chi connectivity index (χ0) is 26.0. The normalized spacial score (nSPS) is 14.7. The molecule has 0 radical (unpaired) electrons. The van der Waals surface area contributed by atoms with Gasteiger partial charge in [0.25, 0.3) is 5.91 Å². The van der Waals surface area contributed by atoms with Crippen molar-refractivity contribution in [3.8, 4) is 11.4 Å². The van der Waals surface area contributed by atoms with Crippen molar-refractivity contribution in [3.05, 3.63) is 99.5 Å². The van der Waals surface area contributed by atoms with Crippen molar-refractivity contribution in [1.82, 2.24) is 9.47 Å². The highest BCUT2D eigenvalue weighted by Gasteiger charge is 2.37. The number of esters is 1. The minimum Gasteiger partial charge on any atom is -0.497 e. The molecule has 0 spiro atoms. The third-order valence-electron chi connectivity index (χ3n) is 6.81. The molecule has 186 valence electrons. The summed E-state index contributed by atoms with van der Waals surface area (Å²) in [6, 6.07) is 18.0. The topological polar surface area (TPSA) is 60.8 Å². The summed E-state index contributed by atoms with van der Waals surface area (Å²) in [6.45, 7) is 8.41. The van der Waals surface area contributed by atoms with Gasteiger partial charge in [0.15, 0.2) is 0 Å². The summed E-state index contributed by atoms with van der Waals surface area (Å²) >= 11 is 0. The van der Waals surface area contributed by atoms with E-state index in [1.165, 1.54) is 7.11 Å². The number of benzene rings is 2. The fraction of sp³-hybridized carbons (Fsp3) is 0.267. The number of ether oxygens (including phenoxy) is 2. The summed E-state index contributed by atoms with van der Waals surface area (Å²) < 4.78 is 12.5. The zero-order valence-corrected chi connectivity index (χ0v) is 21.7. The molecule has 0 aliphatic carbocycles. The lowest BCUT2D eigenvalue weighted by molar-refractivity contribution is -0.136. The third kappa shape index (κ3) is 4.59. The summed E-state index contributed by atoms with van der Waals surface area (Å²) in [4.78, 5) is 28.0. The summed E-state index contributed by atoms with van der Waals surface area (Å²) in [6.07, 6.45) is 2.47. The van der Waals surface area contributed by atoms with Gasteiger partial charge in [-0.25, -0.2) is 4.79 Å². The van der Waals surface area contributed by atoms with Crippen LogP contribution < -0.4 is 4.74 Å². The Morgan fingerprint density at radius 3 is 2.31 bits per heavy atom. The number of aromatic nitrogens is 1. The van der Waals surface area contributed by atoms with Crippen LogP contribution in [-0.2, 0) is 20.7 Å². The highest BCUT2D eigenvalue weighted by Crippen LogP contribution is 2.33. The van der Waals surface area contributed by atoms with E-state index in [0.29, 0.717) is 29.8 Å². The van der Waals surface area contributed by atoms with E-state index in [-0.39, 0.29) is 5.91 Å². The van der Waals surface area contributed by atoms with Gasteiger partial charge in [0.2, 0.25) is 0 Å². The van der Waals surface area contributed by atoms with Crippen LogP contribution in [0.3, 0.4) is 0 Å². The molecular formula is C30H32N2O4. The molecule has 4 rings (SSSR count). The van der Waals surface area contributed by atoms with Gasteiger partial charge in [-0.05, 0) is 81.1 Å². The predicted octanol–water partition coefficient (Wildman–Crippen LogP) is 5.33. The average Bonchev–Trinajstić information content (AvgIpc) is 3.29. The summed E-state index contributed by atoms with van der Waals surface area (Å²) in [5.74, 6) is 0.0856. The van der Waals surface area contributed by atoms with Crippen LogP contribution in [0, 0.1) is 20.8 Å². The molecule has 0 saturated heterocycles. The van der Waals surface area contributed by atoms with Gasteiger partial charge in [-0.15, -0.1) is 0 Å². The quantitative estimate of drug-likeness (QED) is 0.336. The Morgan fingerprint density at radius 1 is 0.972 bits per heavy atom. The van der Waals surface area contributed by atoms with E-state index in [1.54, 1.807) is 18.9 Å². The van der Waals surface area contributed by atoms with Gasteiger partial charge in [-0.2, -0.15) is 0 Å². The molecule has 6 nitrogen and oxygen atoms in total. The molecule has 0 saturated carbocycles. The molecule has 1 aliphatic rings. The maximum absolute atomic E-state index is 13.6. The average molecular weight is 485 g/mol. The first-order valence-corrected chi connectivity index (χ1v) is 12.0. The minimum atomic E-state index is -0.508. The molecule has 1 amide bonds. The lowest BCUT2D eigenvalue weighted by Crippen LogP contribution is -2.27. The van der Waals surface area contributed by atoms with Gasteiger partial charge in [0, 0.05) is 29.3 Å². The first-order chi connectivity index (χ1) is 17.3. The molecular weight excluding hydrogens is 452 g/mol. The van der Waals surface area contributed by atoms with Crippen molar-refractivity contribution < 1.29 is 19.1 Å². The lowest BCUT2D eigenvalue weighted by atomic mass is 10.0. The molecule has 2 heterocycles. The number of amides is 1. The van der Waals surface area contributed by atoms with Gasteiger partial charge in [0.1, 0.15) is 5.75 Å². The number of rotatable bonds is 7. The standard InChI is InChI=1S/C30H32N2O4/c1-19-9-7-8-10-27(19)32-20(2)17-24(21(32)3)18-26-28(30(34)36-6)22(4)31(29(26)33)16-15-23-11-13-25(35-5)14-12-23/h7-14,17-18H,15-16H2,1-6H3/b26-18-. The van der Waals surface area contributed by atoms with E-state index in [1.807, 2.05) is 62.4 Å². The largest absolute Gasteiger partial charge is 0.497 e. The maximum Gasteiger partial charge on any atom is 0.340 e. The smallest absolute Gasteiger partial charge is 0.340 e. The second-order valence-electron chi connectivity index (χ2n) is 9.01. The number of carbonyl (C=O) groups is 2. The zero-order valence-electron chi connectivity index (χ0n) is 21.7. The van der Waals surface area contributed by atoms with Crippen LogP contribution in [0.5, 0.6) is 5.75 Å². The van der Waals surface area contributed by atoms with E-state index in [9.17, 15) is 9.59 Å². The van der Waals surface area contributed by atoms with Gasteiger partial charge in [0.05, 0.1) is 25.4 Å². The van der Waals surface area contributed by atoms with Crippen molar-refractivity contribution in [3.63, 3.8) is 0 Å². The van der Waals surface area contributed by atoms with Crippen LogP contribution in [0.4, 0.5) is 0 Å². The molecule has 0 unspecified atom stereocenters. The molecule has 1 aromatic heterocycles. The summed E-state index contributed by atoms with van der Waals surface area (Å²) in [5, 5.41) is 0. The molecule has 1 aliphatic heterocycles. The van der Waals surface area contributed by atoms with Crippen molar-refractivity contribution in [2.75, 3.05) is 20.8 Å². The number of hydrogen-bond donors (Lipinski definition) is 0. The third-order valence-corrected chi connectivity index (χ3v) is 6.81. The van der Waals surface area contributed by atoms with Crippen molar-refractivity contribution >= 4 is 18.0 Å². The van der Waals surface area contributed by atoms with Crippen LogP contribution in [0.25, 0.3) is 11.8 Å². The van der Waals surface area contributed by atoms with E-state index in [4.69, 9.17) is 9.47 Å². The number of aryl methyl sites for hydroxylation is 2. The highest BCUT2D eigenvalue weighted by atomic mass is 16.5. The second-order valence-corrected chi connectivity index (χ2v) is 9.01. The number of carbonyl (C=O) groups excluding carboxylic acids is 2. The fourth-order valence-corrected chi connectivity index (χ4v) is 4.80. The monoisotopic (exact) mass is 484 g/mol. The van der Waals surface area contributed by atoms with Crippen LogP contribution in [0.2, 0.25) is 0 Å². The molecule has 0 bridgehead atoms. The molecule has 3 aromatic rings. The predicted molar refractivity (Wildman–Crippen MR) is 141 cm³/mol. The van der Waals surface area contributed by atoms with Gasteiger partial charge in [-0.1, -0.05) is 30.3 Å². The van der Waals surface area contributed by atoms with Crippen LogP contribution in [0.1, 0.15) is 35.0 Å². The molecule has 0 N–H and O–H groups in total. The Hall–Kier alpha value is -4.06. The maximum atomic E-state index is 13.6.